The van der Waals surface area contributed by atoms with E-state index < -0.39 is 5.41 Å². The van der Waals surface area contributed by atoms with Crippen LogP contribution in [-0.4, -0.2) is 19.4 Å². The van der Waals surface area contributed by atoms with Crippen LogP contribution in [0.5, 0.6) is 23.0 Å². The molecule has 2 aliphatic heterocycles. The molecule has 2 aliphatic carbocycles. The average Bonchev–Trinajstić information content (AvgIpc) is 3.44. The third-order valence-electron chi connectivity index (χ3n) is 7.51. The molecule has 180 valence electrons. The summed E-state index contributed by atoms with van der Waals surface area (Å²) in [4.78, 5) is 13.4. The van der Waals surface area contributed by atoms with E-state index in [4.69, 9.17) is 18.9 Å². The first-order valence-electron chi connectivity index (χ1n) is 12.2. The molecule has 0 amide bonds. The van der Waals surface area contributed by atoms with Gasteiger partial charge in [0, 0.05) is 16.2 Å². The SMILES string of the molecule is C=C(C(=O)C(C)(C)C)/C1=c2\c3c(cc\c2=C(/C)C2=CC(CCc4cc5c(cc42)OCO5)C1)OCO3. The quantitative estimate of drug-likeness (QED) is 0.597. The van der Waals surface area contributed by atoms with Gasteiger partial charge in [0.1, 0.15) is 0 Å². The van der Waals surface area contributed by atoms with E-state index >= 15 is 0 Å². The number of ether oxygens (including phenoxy) is 4. The Labute approximate surface area is 205 Å². The van der Waals surface area contributed by atoms with Crippen molar-refractivity contribution in [2.45, 2.75) is 47.0 Å². The number of Topliss-reactive ketones (excluding diaryl/α,β-unsaturated/α-hetero) is 1. The fourth-order valence-corrected chi connectivity index (χ4v) is 5.64. The molecule has 35 heavy (non-hydrogen) atoms. The van der Waals surface area contributed by atoms with Crippen LogP contribution in [0.15, 0.2) is 42.5 Å². The van der Waals surface area contributed by atoms with Crippen LogP contribution in [0.4, 0.5) is 0 Å². The first-order chi connectivity index (χ1) is 16.7. The number of fused-ring (bicyclic) bond motifs is 7. The van der Waals surface area contributed by atoms with Crippen LogP contribution in [0.3, 0.4) is 0 Å². The Morgan fingerprint density at radius 3 is 2.49 bits per heavy atom. The lowest BCUT2D eigenvalue weighted by Gasteiger charge is -2.24. The van der Waals surface area contributed by atoms with Crippen LogP contribution in [0.1, 0.15) is 51.7 Å². The number of allylic oxidation sites excluding steroid dienone is 3. The zero-order valence-corrected chi connectivity index (χ0v) is 20.7. The molecule has 2 heterocycles. The second kappa shape index (κ2) is 7.77. The summed E-state index contributed by atoms with van der Waals surface area (Å²) in [6.45, 7) is 12.8. The number of carbonyl (C=O) groups is 1. The van der Waals surface area contributed by atoms with Crippen LogP contribution >= 0.6 is 0 Å². The summed E-state index contributed by atoms with van der Waals surface area (Å²) in [6, 6.07) is 8.31. The smallest absolute Gasteiger partial charge is 0.231 e. The van der Waals surface area contributed by atoms with E-state index in [0.29, 0.717) is 23.5 Å². The minimum absolute atomic E-state index is 0.0556. The van der Waals surface area contributed by atoms with Gasteiger partial charge < -0.3 is 18.9 Å². The minimum atomic E-state index is -0.526. The van der Waals surface area contributed by atoms with Gasteiger partial charge in [-0.05, 0) is 83.4 Å². The van der Waals surface area contributed by atoms with E-state index in [0.717, 1.165) is 45.9 Å². The van der Waals surface area contributed by atoms with Gasteiger partial charge in [0.2, 0.25) is 13.6 Å². The summed E-state index contributed by atoms with van der Waals surface area (Å²) in [6.07, 6.45) is 4.98. The van der Waals surface area contributed by atoms with Gasteiger partial charge in [-0.15, -0.1) is 0 Å². The molecule has 0 fully saturated rings. The summed E-state index contributed by atoms with van der Waals surface area (Å²) < 4.78 is 23.2. The second-order valence-electron chi connectivity index (χ2n) is 10.8. The number of carbonyl (C=O) groups excluding carboxylic acids is 1. The highest BCUT2D eigenvalue weighted by Crippen LogP contribution is 2.43. The number of rotatable bonds is 2. The van der Waals surface area contributed by atoms with E-state index in [1.165, 1.54) is 16.7 Å². The first kappa shape index (κ1) is 22.0. The number of benzene rings is 2. The fourth-order valence-electron chi connectivity index (χ4n) is 5.64. The Hall–Kier alpha value is -3.47. The molecular weight excluding hydrogens is 440 g/mol. The van der Waals surface area contributed by atoms with E-state index in [9.17, 15) is 4.79 Å². The number of aryl methyl sites for hydroxylation is 1. The van der Waals surface area contributed by atoms with Crippen LogP contribution in [0, 0.1) is 11.3 Å². The van der Waals surface area contributed by atoms with Crippen LogP contribution in [0.25, 0.3) is 16.7 Å². The summed E-state index contributed by atoms with van der Waals surface area (Å²) in [5.74, 6) is 3.33. The Balaban J connectivity index is 1.67. The summed E-state index contributed by atoms with van der Waals surface area (Å²) >= 11 is 0. The number of ketones is 1. The maximum absolute atomic E-state index is 13.4. The van der Waals surface area contributed by atoms with Crippen molar-refractivity contribution in [3.63, 3.8) is 0 Å². The summed E-state index contributed by atoms with van der Waals surface area (Å²) in [7, 11) is 0. The number of hydrogen-bond donors (Lipinski definition) is 0. The van der Waals surface area contributed by atoms with E-state index in [1.54, 1.807) is 0 Å². The van der Waals surface area contributed by atoms with E-state index in [2.05, 4.69) is 37.8 Å². The largest absolute Gasteiger partial charge is 0.454 e. The molecule has 0 aromatic heterocycles. The third-order valence-corrected chi connectivity index (χ3v) is 7.51. The van der Waals surface area contributed by atoms with E-state index in [1.807, 2.05) is 26.8 Å². The van der Waals surface area contributed by atoms with Crippen LogP contribution < -0.4 is 29.4 Å². The molecule has 6 rings (SSSR count). The molecule has 0 N–H and O–H groups in total. The molecule has 1 atom stereocenters. The van der Waals surface area contributed by atoms with Gasteiger partial charge in [0.15, 0.2) is 28.8 Å². The molecule has 0 saturated carbocycles. The fraction of sp³-hybridized carbons (Fsp3) is 0.367. The van der Waals surface area contributed by atoms with Crippen molar-refractivity contribution in [3.05, 3.63) is 64.1 Å². The predicted octanol–water partition coefficient (Wildman–Crippen LogP) is 4.69. The van der Waals surface area contributed by atoms with Gasteiger partial charge in [0.05, 0.1) is 0 Å². The highest BCUT2D eigenvalue weighted by molar-refractivity contribution is 6.09. The predicted molar refractivity (Wildman–Crippen MR) is 135 cm³/mol. The van der Waals surface area contributed by atoms with Crippen LogP contribution in [-0.2, 0) is 11.2 Å². The normalized spacial score (nSPS) is 22.9. The molecule has 2 aromatic rings. The van der Waals surface area contributed by atoms with Gasteiger partial charge in [-0.25, -0.2) is 0 Å². The number of hydrogen-bond acceptors (Lipinski definition) is 5. The zero-order valence-electron chi connectivity index (χ0n) is 20.7. The van der Waals surface area contributed by atoms with E-state index in [-0.39, 0.29) is 25.3 Å². The van der Waals surface area contributed by atoms with Crippen molar-refractivity contribution in [1.82, 2.24) is 0 Å². The lowest BCUT2D eigenvalue weighted by molar-refractivity contribution is -0.122. The van der Waals surface area contributed by atoms with Crippen molar-refractivity contribution in [2.24, 2.45) is 11.3 Å². The third kappa shape index (κ3) is 3.48. The standard InChI is InChI=1S/C30H30O5/c1-16-20-8-9-24-28(35-15-32-24)27(20)22(17(2)29(31)30(3,4)5)11-18-6-7-19-12-25-26(34-14-33-25)13-23(19)21(16)10-18/h8-10,12-13,18H,2,6-7,11,14-15H2,1,3-5H3/b20-16-,27-22-. The summed E-state index contributed by atoms with van der Waals surface area (Å²) in [5.41, 5.74) is 5.79. The molecule has 4 aliphatic rings. The minimum Gasteiger partial charge on any atom is -0.454 e. The highest BCUT2D eigenvalue weighted by atomic mass is 16.7. The maximum atomic E-state index is 13.4. The zero-order chi connectivity index (χ0) is 24.5. The molecule has 5 heteroatoms. The molecule has 0 saturated heterocycles. The molecule has 1 unspecified atom stereocenters. The Bertz CT molecular complexity index is 1450. The highest BCUT2D eigenvalue weighted by Gasteiger charge is 2.31. The maximum Gasteiger partial charge on any atom is 0.231 e. The van der Waals surface area contributed by atoms with Crippen molar-refractivity contribution in [2.75, 3.05) is 13.6 Å². The molecule has 5 nitrogen and oxygen atoms in total. The molecule has 2 aromatic carbocycles. The van der Waals surface area contributed by atoms with Gasteiger partial charge in [0.25, 0.3) is 0 Å². The molecular formula is C30H30O5. The Morgan fingerprint density at radius 1 is 1.00 bits per heavy atom. The first-order valence-corrected chi connectivity index (χ1v) is 12.2. The van der Waals surface area contributed by atoms with Crippen LogP contribution in [0.2, 0.25) is 0 Å². The van der Waals surface area contributed by atoms with Gasteiger partial charge >= 0.3 is 0 Å². The van der Waals surface area contributed by atoms with Gasteiger partial charge in [-0.2, -0.15) is 0 Å². The second-order valence-corrected chi connectivity index (χ2v) is 10.8. The van der Waals surface area contributed by atoms with Gasteiger partial charge in [-0.3, -0.25) is 4.79 Å². The topological polar surface area (TPSA) is 54.0 Å². The van der Waals surface area contributed by atoms with Crippen molar-refractivity contribution >= 4 is 22.5 Å². The molecule has 0 spiro atoms. The Kier molecular flexibility index (Phi) is 4.89. The average molecular weight is 471 g/mol. The lowest BCUT2D eigenvalue weighted by Crippen LogP contribution is -2.34. The monoisotopic (exact) mass is 470 g/mol. The van der Waals surface area contributed by atoms with Crippen molar-refractivity contribution in [1.29, 1.82) is 0 Å². The van der Waals surface area contributed by atoms with Crippen molar-refractivity contribution < 1.29 is 23.7 Å². The molecule has 0 radical (unpaired) electrons. The van der Waals surface area contributed by atoms with Gasteiger partial charge in [-0.1, -0.05) is 39.5 Å². The summed E-state index contributed by atoms with van der Waals surface area (Å²) in [5, 5.41) is 1.99. The lowest BCUT2D eigenvalue weighted by atomic mass is 9.79. The van der Waals surface area contributed by atoms with Crippen molar-refractivity contribution in [3.8, 4) is 23.0 Å². The Morgan fingerprint density at radius 2 is 1.71 bits per heavy atom. The molecule has 2 bridgehead atoms.